The van der Waals surface area contributed by atoms with Crippen molar-refractivity contribution in [1.82, 2.24) is 19.7 Å². The minimum absolute atomic E-state index is 0.0894. The molecule has 2 atom stereocenters. The number of rotatable bonds is 4. The first-order valence-corrected chi connectivity index (χ1v) is 8.48. The molecule has 0 saturated carbocycles. The normalized spacial score (nSPS) is 20.1. The van der Waals surface area contributed by atoms with E-state index in [0.29, 0.717) is 17.3 Å². The van der Waals surface area contributed by atoms with E-state index in [1.807, 2.05) is 16.5 Å². The molecule has 2 unspecified atom stereocenters. The standard InChI is InChI=1S/C18H18F3N5O/c1-27-11-5-6-17-23-9-15(26(17)10-11)13-3-2-4-16(24-13)25-14-8-22-7-12(14)18(19,20)21/h2-6,9-10,12,14,22H,7-8H2,1H3,(H,24,25). The fourth-order valence-electron chi connectivity index (χ4n) is 3.29. The molecule has 3 aromatic rings. The zero-order valence-electron chi connectivity index (χ0n) is 14.5. The van der Waals surface area contributed by atoms with Crippen molar-refractivity contribution in [3.63, 3.8) is 0 Å². The van der Waals surface area contributed by atoms with Crippen LogP contribution in [0.4, 0.5) is 19.0 Å². The van der Waals surface area contributed by atoms with Gasteiger partial charge in [0.15, 0.2) is 0 Å². The zero-order valence-corrected chi connectivity index (χ0v) is 14.5. The van der Waals surface area contributed by atoms with Crippen LogP contribution in [0.1, 0.15) is 0 Å². The molecule has 1 saturated heterocycles. The SMILES string of the molecule is COc1ccc2ncc(-c3cccc(NC4CNCC4C(F)(F)F)n3)n2c1. The summed E-state index contributed by atoms with van der Waals surface area (Å²) in [7, 11) is 1.58. The highest BCUT2D eigenvalue weighted by atomic mass is 19.4. The summed E-state index contributed by atoms with van der Waals surface area (Å²) in [5, 5.41) is 5.71. The average molecular weight is 377 g/mol. The second-order valence-corrected chi connectivity index (χ2v) is 6.41. The molecule has 3 aromatic heterocycles. The van der Waals surface area contributed by atoms with E-state index in [1.54, 1.807) is 37.7 Å². The largest absolute Gasteiger partial charge is 0.495 e. The highest BCUT2D eigenvalue weighted by molar-refractivity contribution is 5.62. The van der Waals surface area contributed by atoms with Crippen molar-refractivity contribution in [2.75, 3.05) is 25.5 Å². The molecule has 0 radical (unpaired) electrons. The lowest BCUT2D eigenvalue weighted by Gasteiger charge is -2.22. The second kappa shape index (κ2) is 6.73. The van der Waals surface area contributed by atoms with Crippen molar-refractivity contribution in [3.8, 4) is 17.1 Å². The summed E-state index contributed by atoms with van der Waals surface area (Å²) in [6.07, 6.45) is -0.784. The topological polar surface area (TPSA) is 63.5 Å². The number of halogens is 3. The number of pyridine rings is 2. The number of hydrogen-bond acceptors (Lipinski definition) is 5. The number of methoxy groups -OCH3 is 1. The van der Waals surface area contributed by atoms with E-state index < -0.39 is 18.1 Å². The van der Waals surface area contributed by atoms with Crippen LogP contribution >= 0.6 is 0 Å². The van der Waals surface area contributed by atoms with Crippen molar-refractivity contribution in [1.29, 1.82) is 0 Å². The molecule has 0 bridgehead atoms. The van der Waals surface area contributed by atoms with E-state index in [9.17, 15) is 13.2 Å². The number of ether oxygens (including phenoxy) is 1. The van der Waals surface area contributed by atoms with E-state index in [0.717, 1.165) is 11.3 Å². The number of fused-ring (bicyclic) bond motifs is 1. The molecular formula is C18H18F3N5O. The van der Waals surface area contributed by atoms with Crippen LogP contribution in [0, 0.1) is 5.92 Å². The first-order valence-electron chi connectivity index (χ1n) is 8.48. The second-order valence-electron chi connectivity index (χ2n) is 6.41. The molecule has 0 aromatic carbocycles. The molecule has 142 valence electrons. The third-order valence-corrected chi connectivity index (χ3v) is 4.69. The number of imidazole rings is 1. The Morgan fingerprint density at radius 1 is 1.22 bits per heavy atom. The van der Waals surface area contributed by atoms with Crippen LogP contribution in [-0.4, -0.2) is 46.8 Å². The van der Waals surface area contributed by atoms with Crippen LogP contribution < -0.4 is 15.4 Å². The summed E-state index contributed by atoms with van der Waals surface area (Å²) in [4.78, 5) is 8.83. The molecular weight excluding hydrogens is 359 g/mol. The summed E-state index contributed by atoms with van der Waals surface area (Å²) >= 11 is 0. The fourth-order valence-corrected chi connectivity index (χ4v) is 3.29. The van der Waals surface area contributed by atoms with Gasteiger partial charge in [0.2, 0.25) is 0 Å². The van der Waals surface area contributed by atoms with Gasteiger partial charge in [-0.1, -0.05) is 6.07 Å². The molecule has 6 nitrogen and oxygen atoms in total. The number of anilines is 1. The highest BCUT2D eigenvalue weighted by Crippen LogP contribution is 2.32. The van der Waals surface area contributed by atoms with Crippen LogP contribution in [0.15, 0.2) is 42.7 Å². The summed E-state index contributed by atoms with van der Waals surface area (Å²) < 4.78 is 46.5. The van der Waals surface area contributed by atoms with Gasteiger partial charge in [0.1, 0.15) is 17.2 Å². The Bertz CT molecular complexity index is 956. The van der Waals surface area contributed by atoms with Crippen molar-refractivity contribution in [2.24, 2.45) is 5.92 Å². The Labute approximate surface area is 153 Å². The molecule has 4 rings (SSSR count). The first-order chi connectivity index (χ1) is 13.0. The smallest absolute Gasteiger partial charge is 0.395 e. The van der Waals surface area contributed by atoms with Gasteiger partial charge >= 0.3 is 6.18 Å². The lowest BCUT2D eigenvalue weighted by atomic mass is 10.0. The molecule has 0 amide bonds. The van der Waals surface area contributed by atoms with Crippen molar-refractivity contribution in [3.05, 3.63) is 42.7 Å². The highest BCUT2D eigenvalue weighted by Gasteiger charge is 2.47. The Morgan fingerprint density at radius 3 is 2.85 bits per heavy atom. The maximum atomic E-state index is 13.1. The van der Waals surface area contributed by atoms with Gasteiger partial charge in [0.05, 0.1) is 42.9 Å². The van der Waals surface area contributed by atoms with Gasteiger partial charge in [-0.2, -0.15) is 13.2 Å². The third kappa shape index (κ3) is 3.42. The van der Waals surface area contributed by atoms with Gasteiger partial charge in [0.25, 0.3) is 0 Å². The predicted molar refractivity (Wildman–Crippen MR) is 94.8 cm³/mol. The van der Waals surface area contributed by atoms with Crippen LogP contribution in [0.3, 0.4) is 0 Å². The van der Waals surface area contributed by atoms with Crippen LogP contribution in [0.5, 0.6) is 5.75 Å². The predicted octanol–water partition coefficient (Wildman–Crippen LogP) is 2.97. The van der Waals surface area contributed by atoms with Crippen LogP contribution in [0.25, 0.3) is 17.0 Å². The number of hydrogen-bond donors (Lipinski definition) is 2. The Hall–Kier alpha value is -2.81. The summed E-state index contributed by atoms with van der Waals surface area (Å²) in [5.74, 6) is -0.377. The van der Waals surface area contributed by atoms with Crippen LogP contribution in [-0.2, 0) is 0 Å². The Kier molecular flexibility index (Phi) is 4.39. The molecule has 9 heteroatoms. The lowest BCUT2D eigenvalue weighted by Crippen LogP contribution is -2.38. The van der Waals surface area contributed by atoms with Crippen molar-refractivity contribution < 1.29 is 17.9 Å². The number of nitrogens with zero attached hydrogens (tertiary/aromatic N) is 3. The van der Waals surface area contributed by atoms with E-state index >= 15 is 0 Å². The molecule has 0 aliphatic carbocycles. The van der Waals surface area contributed by atoms with Gasteiger partial charge in [-0.25, -0.2) is 9.97 Å². The number of aromatic nitrogens is 3. The molecule has 2 N–H and O–H groups in total. The van der Waals surface area contributed by atoms with Gasteiger partial charge in [-0.3, -0.25) is 4.40 Å². The molecule has 4 heterocycles. The molecule has 1 fully saturated rings. The molecule has 27 heavy (non-hydrogen) atoms. The summed E-state index contributed by atoms with van der Waals surface area (Å²) in [6, 6.07) is 8.09. The average Bonchev–Trinajstić information content (AvgIpc) is 3.27. The van der Waals surface area contributed by atoms with E-state index in [4.69, 9.17) is 4.74 Å². The number of nitrogens with one attached hydrogen (secondary N) is 2. The third-order valence-electron chi connectivity index (χ3n) is 4.69. The minimum Gasteiger partial charge on any atom is -0.495 e. The summed E-state index contributed by atoms with van der Waals surface area (Å²) in [6.45, 7) is 0.150. The minimum atomic E-state index is -4.25. The summed E-state index contributed by atoms with van der Waals surface area (Å²) in [5.41, 5.74) is 2.06. The number of alkyl halides is 3. The Morgan fingerprint density at radius 2 is 2.07 bits per heavy atom. The van der Waals surface area contributed by atoms with Crippen molar-refractivity contribution >= 4 is 11.5 Å². The van der Waals surface area contributed by atoms with E-state index in [-0.39, 0.29) is 13.1 Å². The lowest BCUT2D eigenvalue weighted by molar-refractivity contribution is -0.170. The molecule has 1 aliphatic heterocycles. The van der Waals surface area contributed by atoms with Gasteiger partial charge in [-0.05, 0) is 24.3 Å². The first kappa shape index (κ1) is 17.6. The fraction of sp³-hybridized carbons (Fsp3) is 0.333. The monoisotopic (exact) mass is 377 g/mol. The maximum absolute atomic E-state index is 13.1. The van der Waals surface area contributed by atoms with Gasteiger partial charge < -0.3 is 15.4 Å². The van der Waals surface area contributed by atoms with E-state index in [1.165, 1.54) is 0 Å². The van der Waals surface area contributed by atoms with Crippen LogP contribution in [0.2, 0.25) is 0 Å². The molecule has 0 spiro atoms. The molecule has 1 aliphatic rings. The zero-order chi connectivity index (χ0) is 19.0. The Balaban J connectivity index is 1.64. The van der Waals surface area contributed by atoms with Crippen molar-refractivity contribution in [2.45, 2.75) is 12.2 Å². The van der Waals surface area contributed by atoms with Gasteiger partial charge in [-0.15, -0.1) is 0 Å². The quantitative estimate of drug-likeness (QED) is 0.732. The van der Waals surface area contributed by atoms with Gasteiger partial charge in [0, 0.05) is 13.1 Å². The van der Waals surface area contributed by atoms with E-state index in [2.05, 4.69) is 20.6 Å². The maximum Gasteiger partial charge on any atom is 0.395 e.